The van der Waals surface area contributed by atoms with Gasteiger partial charge in [0, 0.05) is 42.3 Å². The zero-order valence-corrected chi connectivity index (χ0v) is 18.6. The number of rotatable bonds is 7. The lowest BCUT2D eigenvalue weighted by atomic mass is 10.2. The minimum Gasteiger partial charge on any atom is -0.345 e. The number of aryl methyl sites for hydroxylation is 1. The fourth-order valence-electron chi connectivity index (χ4n) is 4.03. The second kappa shape index (κ2) is 8.24. The van der Waals surface area contributed by atoms with E-state index in [0.29, 0.717) is 29.9 Å². The van der Waals surface area contributed by atoms with Crippen LogP contribution >= 0.6 is 11.8 Å². The third-order valence-electron chi connectivity index (χ3n) is 5.71. The van der Waals surface area contributed by atoms with Gasteiger partial charge < -0.3 is 4.57 Å². The zero-order valence-electron chi connectivity index (χ0n) is 16.9. The van der Waals surface area contributed by atoms with Crippen molar-refractivity contribution >= 4 is 27.6 Å². The number of pyridine rings is 1. The highest BCUT2D eigenvalue weighted by Crippen LogP contribution is 2.38. The highest BCUT2D eigenvalue weighted by atomic mass is 32.2. The Morgan fingerprint density at radius 2 is 1.90 bits per heavy atom. The minimum absolute atomic E-state index is 0.0850. The second-order valence-corrected chi connectivity index (χ2v) is 10.8. The van der Waals surface area contributed by atoms with Crippen molar-refractivity contribution in [3.05, 3.63) is 41.3 Å². The van der Waals surface area contributed by atoms with Crippen LogP contribution in [0, 0.1) is 13.8 Å². The molecule has 1 aliphatic heterocycles. The maximum absolute atomic E-state index is 12.7. The predicted molar refractivity (Wildman–Crippen MR) is 114 cm³/mol. The monoisotopic (exact) mass is 433 g/mol. The van der Waals surface area contributed by atoms with Gasteiger partial charge in [0.05, 0.1) is 10.8 Å². The van der Waals surface area contributed by atoms with Gasteiger partial charge in [-0.3, -0.25) is 4.79 Å². The van der Waals surface area contributed by atoms with E-state index in [-0.39, 0.29) is 10.7 Å². The third kappa shape index (κ3) is 4.29. The summed E-state index contributed by atoms with van der Waals surface area (Å²) in [6.45, 7) is 5.22. The molecule has 4 rings (SSSR count). The van der Waals surface area contributed by atoms with Gasteiger partial charge in [0.1, 0.15) is 4.90 Å². The number of sulfonamides is 1. The van der Waals surface area contributed by atoms with E-state index in [0.717, 1.165) is 36.2 Å². The number of piperidine rings is 1. The van der Waals surface area contributed by atoms with Crippen molar-refractivity contribution in [3.63, 3.8) is 0 Å². The predicted octanol–water partition coefficient (Wildman–Crippen LogP) is 3.98. The van der Waals surface area contributed by atoms with Crippen LogP contribution in [0.25, 0.3) is 0 Å². The molecule has 3 heterocycles. The lowest BCUT2D eigenvalue weighted by Crippen LogP contribution is -2.35. The Bertz CT molecular complexity index is 1000. The Morgan fingerprint density at radius 1 is 1.17 bits per heavy atom. The maximum atomic E-state index is 12.7. The number of carbonyl (C=O) groups excluding carboxylic acids is 1. The molecule has 0 amide bonds. The van der Waals surface area contributed by atoms with Gasteiger partial charge in [0.15, 0.2) is 5.78 Å². The summed E-state index contributed by atoms with van der Waals surface area (Å²) in [5.74, 6) is 0.377. The molecule has 2 fully saturated rings. The van der Waals surface area contributed by atoms with Crippen LogP contribution < -0.4 is 0 Å². The highest BCUT2D eigenvalue weighted by molar-refractivity contribution is 7.99. The summed E-state index contributed by atoms with van der Waals surface area (Å²) in [6.07, 6.45) is 6.69. The molecule has 156 valence electrons. The molecule has 1 saturated heterocycles. The van der Waals surface area contributed by atoms with E-state index in [9.17, 15) is 13.2 Å². The van der Waals surface area contributed by atoms with E-state index in [1.54, 1.807) is 16.4 Å². The third-order valence-corrected chi connectivity index (χ3v) is 8.54. The van der Waals surface area contributed by atoms with Crippen LogP contribution in [0.5, 0.6) is 0 Å². The van der Waals surface area contributed by atoms with Crippen molar-refractivity contribution < 1.29 is 13.2 Å². The van der Waals surface area contributed by atoms with Crippen LogP contribution in [0.15, 0.2) is 34.3 Å². The average molecular weight is 434 g/mol. The molecular weight excluding hydrogens is 406 g/mol. The largest absolute Gasteiger partial charge is 0.345 e. The normalized spacial score (nSPS) is 18.1. The van der Waals surface area contributed by atoms with Gasteiger partial charge in [-0.05, 0) is 57.7 Å². The van der Waals surface area contributed by atoms with Crippen LogP contribution in [-0.4, -0.2) is 46.9 Å². The molecule has 2 aliphatic rings. The van der Waals surface area contributed by atoms with E-state index in [4.69, 9.17) is 0 Å². The average Bonchev–Trinajstić information content (AvgIpc) is 3.51. The summed E-state index contributed by atoms with van der Waals surface area (Å²) in [5.41, 5.74) is 2.97. The van der Waals surface area contributed by atoms with E-state index in [1.807, 2.05) is 13.0 Å². The number of thioether (sulfide) groups is 1. The van der Waals surface area contributed by atoms with Gasteiger partial charge >= 0.3 is 0 Å². The molecule has 2 aromatic rings. The van der Waals surface area contributed by atoms with Crippen molar-refractivity contribution in [2.75, 3.05) is 18.8 Å². The first kappa shape index (κ1) is 20.6. The Kier molecular flexibility index (Phi) is 5.86. The lowest BCUT2D eigenvalue weighted by Gasteiger charge is -2.25. The molecule has 2 aromatic heterocycles. The molecule has 8 heteroatoms. The van der Waals surface area contributed by atoms with Crippen molar-refractivity contribution in [1.29, 1.82) is 0 Å². The van der Waals surface area contributed by atoms with Gasteiger partial charge in [-0.25, -0.2) is 13.4 Å². The zero-order chi connectivity index (χ0) is 20.6. The van der Waals surface area contributed by atoms with Gasteiger partial charge in [-0.15, -0.1) is 0 Å². The summed E-state index contributed by atoms with van der Waals surface area (Å²) in [5, 5.41) is 0.659. The number of nitrogens with zero attached hydrogens (tertiary/aromatic N) is 3. The summed E-state index contributed by atoms with van der Waals surface area (Å²) in [7, 11) is -3.47. The van der Waals surface area contributed by atoms with Gasteiger partial charge in [0.25, 0.3) is 0 Å². The molecule has 0 unspecified atom stereocenters. The second-order valence-electron chi connectivity index (χ2n) is 7.89. The molecule has 0 aromatic carbocycles. The lowest BCUT2D eigenvalue weighted by molar-refractivity contribution is 0.102. The molecule has 0 atom stereocenters. The number of hydrogen-bond acceptors (Lipinski definition) is 5. The number of aromatic nitrogens is 2. The first-order valence-corrected chi connectivity index (χ1v) is 12.6. The topological polar surface area (TPSA) is 72.3 Å². The van der Waals surface area contributed by atoms with Gasteiger partial charge in [-0.1, -0.05) is 18.2 Å². The Morgan fingerprint density at radius 3 is 2.52 bits per heavy atom. The van der Waals surface area contributed by atoms with Crippen LogP contribution in [0.2, 0.25) is 0 Å². The maximum Gasteiger partial charge on any atom is 0.244 e. The molecule has 0 spiro atoms. The SMILES string of the molecule is Cc1cc(C(=O)CSc2ccc(S(=O)(=O)N3CCCCC3)cn2)c(C)n1C1CC1. The van der Waals surface area contributed by atoms with E-state index in [1.165, 1.54) is 30.8 Å². The van der Waals surface area contributed by atoms with Crippen LogP contribution in [0.4, 0.5) is 0 Å². The number of carbonyl (C=O) groups is 1. The molecule has 6 nitrogen and oxygen atoms in total. The number of hydrogen-bond donors (Lipinski definition) is 0. The van der Waals surface area contributed by atoms with Crippen molar-refractivity contribution in [3.8, 4) is 0 Å². The molecular formula is C21H27N3O3S2. The van der Waals surface area contributed by atoms with E-state index in [2.05, 4.69) is 16.5 Å². The van der Waals surface area contributed by atoms with E-state index >= 15 is 0 Å². The molecule has 1 aliphatic carbocycles. The van der Waals surface area contributed by atoms with Crippen LogP contribution in [0.3, 0.4) is 0 Å². The molecule has 29 heavy (non-hydrogen) atoms. The summed E-state index contributed by atoms with van der Waals surface area (Å²) in [6, 6.07) is 5.84. The molecule has 0 N–H and O–H groups in total. The number of Topliss-reactive ketones (excluding diaryl/α,β-unsaturated/α-hetero) is 1. The fourth-order valence-corrected chi connectivity index (χ4v) is 6.22. The summed E-state index contributed by atoms with van der Waals surface area (Å²) < 4.78 is 29.2. The molecule has 0 radical (unpaired) electrons. The van der Waals surface area contributed by atoms with Crippen molar-refractivity contribution in [1.82, 2.24) is 13.9 Å². The fraction of sp³-hybridized carbons (Fsp3) is 0.524. The summed E-state index contributed by atoms with van der Waals surface area (Å²) in [4.78, 5) is 17.2. The van der Waals surface area contributed by atoms with Crippen LogP contribution in [0.1, 0.15) is 59.9 Å². The van der Waals surface area contributed by atoms with Crippen molar-refractivity contribution in [2.24, 2.45) is 0 Å². The van der Waals surface area contributed by atoms with Crippen LogP contribution in [-0.2, 0) is 10.0 Å². The van der Waals surface area contributed by atoms with Gasteiger partial charge in [0.2, 0.25) is 10.0 Å². The summed E-state index contributed by atoms with van der Waals surface area (Å²) >= 11 is 1.35. The Hall–Kier alpha value is -1.64. The molecule has 1 saturated carbocycles. The highest BCUT2D eigenvalue weighted by Gasteiger charge is 2.28. The first-order valence-electron chi connectivity index (χ1n) is 10.2. The van der Waals surface area contributed by atoms with Crippen molar-refractivity contribution in [2.45, 2.75) is 61.9 Å². The smallest absolute Gasteiger partial charge is 0.244 e. The van der Waals surface area contributed by atoms with E-state index < -0.39 is 10.0 Å². The molecule has 0 bridgehead atoms. The number of ketones is 1. The Balaban J connectivity index is 1.40. The quantitative estimate of drug-likeness (QED) is 0.488. The standard InChI is InChI=1S/C21H27N3O3S2/c1-15-12-19(16(2)24(15)17-6-7-17)20(25)14-28-21-9-8-18(13-22-21)29(26,27)23-10-4-3-5-11-23/h8-9,12-13,17H,3-7,10-11,14H2,1-2H3. The minimum atomic E-state index is -3.47. The van der Waals surface area contributed by atoms with Gasteiger partial charge in [-0.2, -0.15) is 4.31 Å². The Labute approximate surface area is 176 Å². The first-order chi connectivity index (χ1) is 13.9.